The van der Waals surface area contributed by atoms with E-state index in [1.54, 1.807) is 0 Å². The third-order valence-electron chi connectivity index (χ3n) is 4.24. The lowest BCUT2D eigenvalue weighted by molar-refractivity contribution is 0.0240. The molecule has 1 aliphatic carbocycles. The first-order chi connectivity index (χ1) is 5.65. The summed E-state index contributed by atoms with van der Waals surface area (Å²) < 4.78 is 5.56. The van der Waals surface area contributed by atoms with Gasteiger partial charge in [-0.1, -0.05) is 13.8 Å². The first-order valence-corrected chi connectivity index (χ1v) is 4.93. The Morgan fingerprint density at radius 3 is 2.67 bits per heavy atom. The first kappa shape index (κ1) is 8.52. The normalized spacial score (nSPS) is 44.8. The summed E-state index contributed by atoms with van der Waals surface area (Å²) in [6.45, 7) is 7.39. The van der Waals surface area contributed by atoms with Crippen molar-refractivity contribution in [2.75, 3.05) is 19.8 Å². The lowest BCUT2D eigenvalue weighted by atomic mass is 9.90. The highest BCUT2D eigenvalue weighted by molar-refractivity contribution is 5.17. The van der Waals surface area contributed by atoms with Crippen molar-refractivity contribution in [1.29, 1.82) is 0 Å². The Bertz CT molecular complexity index is 182. The molecule has 1 aliphatic heterocycles. The van der Waals surface area contributed by atoms with E-state index in [0.29, 0.717) is 16.7 Å². The van der Waals surface area contributed by atoms with E-state index in [-0.39, 0.29) is 0 Å². The van der Waals surface area contributed by atoms with Crippen molar-refractivity contribution in [2.24, 2.45) is 22.5 Å². The van der Waals surface area contributed by atoms with E-state index in [0.717, 1.165) is 19.8 Å². The van der Waals surface area contributed by atoms with Crippen LogP contribution in [0.5, 0.6) is 0 Å². The predicted molar refractivity (Wildman–Crippen MR) is 48.8 cm³/mol. The molecule has 1 heterocycles. The maximum Gasteiger partial charge on any atom is 0.0531 e. The van der Waals surface area contributed by atoms with Crippen molar-refractivity contribution in [1.82, 2.24) is 0 Å². The number of rotatable bonds is 1. The average molecular weight is 169 g/mol. The lowest BCUT2D eigenvalue weighted by Gasteiger charge is -2.25. The first-order valence-electron chi connectivity index (χ1n) is 4.93. The largest absolute Gasteiger partial charge is 0.381 e. The minimum atomic E-state index is 0.433. The molecule has 2 heteroatoms. The van der Waals surface area contributed by atoms with Gasteiger partial charge in [0.1, 0.15) is 0 Å². The molecule has 0 aromatic carbocycles. The summed E-state index contributed by atoms with van der Waals surface area (Å²) in [7, 11) is 0. The van der Waals surface area contributed by atoms with Crippen LogP contribution in [0.2, 0.25) is 0 Å². The van der Waals surface area contributed by atoms with Gasteiger partial charge in [-0.25, -0.2) is 0 Å². The Morgan fingerprint density at radius 2 is 2.25 bits per heavy atom. The van der Waals surface area contributed by atoms with Gasteiger partial charge in [0.2, 0.25) is 0 Å². The minimum absolute atomic E-state index is 0.433. The second kappa shape index (κ2) is 2.46. The van der Waals surface area contributed by atoms with Gasteiger partial charge in [-0.3, -0.25) is 0 Å². The van der Waals surface area contributed by atoms with Crippen molar-refractivity contribution in [3.05, 3.63) is 0 Å². The number of hydrogen-bond donors (Lipinski definition) is 1. The van der Waals surface area contributed by atoms with Crippen molar-refractivity contribution < 1.29 is 4.74 Å². The van der Waals surface area contributed by atoms with E-state index in [9.17, 15) is 0 Å². The molecule has 1 spiro atoms. The Morgan fingerprint density at radius 1 is 1.50 bits per heavy atom. The zero-order chi connectivity index (χ0) is 8.82. The van der Waals surface area contributed by atoms with E-state index in [2.05, 4.69) is 13.8 Å². The molecule has 2 unspecified atom stereocenters. The molecule has 70 valence electrons. The molecule has 0 radical (unpaired) electrons. The van der Waals surface area contributed by atoms with E-state index < -0.39 is 0 Å². The van der Waals surface area contributed by atoms with Crippen molar-refractivity contribution in [3.8, 4) is 0 Å². The molecule has 2 rings (SSSR count). The van der Waals surface area contributed by atoms with Gasteiger partial charge in [0.05, 0.1) is 6.61 Å². The van der Waals surface area contributed by atoms with Gasteiger partial charge in [0.25, 0.3) is 0 Å². The molecular formula is C10H19NO. The lowest BCUT2D eigenvalue weighted by Crippen LogP contribution is -2.24. The van der Waals surface area contributed by atoms with Crippen LogP contribution in [-0.2, 0) is 4.74 Å². The zero-order valence-corrected chi connectivity index (χ0v) is 8.10. The Balaban J connectivity index is 2.12. The van der Waals surface area contributed by atoms with Crippen molar-refractivity contribution in [2.45, 2.75) is 26.7 Å². The topological polar surface area (TPSA) is 35.2 Å². The Hall–Kier alpha value is -0.0800. The fourth-order valence-electron chi connectivity index (χ4n) is 3.18. The summed E-state index contributed by atoms with van der Waals surface area (Å²) in [6, 6.07) is 0. The third kappa shape index (κ3) is 0.826. The molecular weight excluding hydrogens is 150 g/mol. The number of hydrogen-bond acceptors (Lipinski definition) is 2. The molecule has 1 saturated heterocycles. The SMILES string of the molecule is CC1(C)C(CN)C12CCCOC2. The molecule has 0 amide bonds. The molecule has 1 saturated carbocycles. The molecule has 2 nitrogen and oxygen atoms in total. The smallest absolute Gasteiger partial charge is 0.0531 e. The highest BCUT2D eigenvalue weighted by Crippen LogP contribution is 2.71. The summed E-state index contributed by atoms with van der Waals surface area (Å²) in [5, 5.41) is 0. The van der Waals surface area contributed by atoms with Crippen molar-refractivity contribution in [3.63, 3.8) is 0 Å². The van der Waals surface area contributed by atoms with E-state index in [1.807, 2.05) is 0 Å². The van der Waals surface area contributed by atoms with Gasteiger partial charge >= 0.3 is 0 Å². The van der Waals surface area contributed by atoms with E-state index >= 15 is 0 Å². The molecule has 0 bridgehead atoms. The van der Waals surface area contributed by atoms with Crippen LogP contribution in [0.3, 0.4) is 0 Å². The highest BCUT2D eigenvalue weighted by atomic mass is 16.5. The fraction of sp³-hybridized carbons (Fsp3) is 1.00. The minimum Gasteiger partial charge on any atom is -0.381 e. The molecule has 2 atom stereocenters. The van der Waals surface area contributed by atoms with Crippen LogP contribution >= 0.6 is 0 Å². The molecule has 2 N–H and O–H groups in total. The highest BCUT2D eigenvalue weighted by Gasteiger charge is 2.69. The molecule has 12 heavy (non-hydrogen) atoms. The van der Waals surface area contributed by atoms with Crippen molar-refractivity contribution >= 4 is 0 Å². The summed E-state index contributed by atoms with van der Waals surface area (Å²) in [5.74, 6) is 0.699. The van der Waals surface area contributed by atoms with Crippen LogP contribution in [0.4, 0.5) is 0 Å². The number of nitrogens with two attached hydrogens (primary N) is 1. The fourth-order valence-corrected chi connectivity index (χ4v) is 3.18. The second-order valence-corrected chi connectivity index (χ2v) is 4.82. The Labute approximate surface area is 74.5 Å². The van der Waals surface area contributed by atoms with Gasteiger partial charge in [0, 0.05) is 12.0 Å². The quantitative estimate of drug-likeness (QED) is 0.644. The van der Waals surface area contributed by atoms with E-state index in [4.69, 9.17) is 10.5 Å². The number of ether oxygens (including phenoxy) is 1. The van der Waals surface area contributed by atoms with E-state index in [1.165, 1.54) is 12.8 Å². The van der Waals surface area contributed by atoms with Gasteiger partial charge in [-0.05, 0) is 30.7 Å². The maximum absolute atomic E-state index is 5.76. The van der Waals surface area contributed by atoms with Gasteiger partial charge < -0.3 is 10.5 Å². The maximum atomic E-state index is 5.76. The monoisotopic (exact) mass is 169 g/mol. The van der Waals surface area contributed by atoms with Gasteiger partial charge in [0.15, 0.2) is 0 Å². The van der Waals surface area contributed by atoms with Gasteiger partial charge in [-0.2, -0.15) is 0 Å². The third-order valence-corrected chi connectivity index (χ3v) is 4.24. The molecule has 0 aromatic heterocycles. The molecule has 2 fully saturated rings. The van der Waals surface area contributed by atoms with Crippen LogP contribution in [0.1, 0.15) is 26.7 Å². The van der Waals surface area contributed by atoms with Crippen LogP contribution in [-0.4, -0.2) is 19.8 Å². The summed E-state index contributed by atoms with van der Waals surface area (Å²) in [6.07, 6.45) is 2.54. The van der Waals surface area contributed by atoms with Crippen LogP contribution in [0.15, 0.2) is 0 Å². The molecule has 2 aliphatic rings. The Kier molecular flexibility index (Phi) is 1.74. The van der Waals surface area contributed by atoms with Crippen LogP contribution in [0, 0.1) is 16.7 Å². The summed E-state index contributed by atoms with van der Waals surface area (Å²) >= 11 is 0. The summed E-state index contributed by atoms with van der Waals surface area (Å²) in [5.41, 5.74) is 6.64. The average Bonchev–Trinajstić information content (AvgIpc) is 2.49. The van der Waals surface area contributed by atoms with Gasteiger partial charge in [-0.15, -0.1) is 0 Å². The standard InChI is InChI=1S/C10H19NO/c1-9(2)8(6-11)10(9)4-3-5-12-7-10/h8H,3-7,11H2,1-2H3. The second-order valence-electron chi connectivity index (χ2n) is 4.82. The summed E-state index contributed by atoms with van der Waals surface area (Å²) in [4.78, 5) is 0. The molecule has 0 aromatic rings. The predicted octanol–water partition coefficient (Wildman–Crippen LogP) is 1.40. The zero-order valence-electron chi connectivity index (χ0n) is 8.10. The van der Waals surface area contributed by atoms with Crippen LogP contribution in [0.25, 0.3) is 0 Å². The van der Waals surface area contributed by atoms with Crippen LogP contribution < -0.4 is 5.73 Å².